The minimum absolute atomic E-state index is 0.202. The summed E-state index contributed by atoms with van der Waals surface area (Å²) >= 11 is 1.42. The van der Waals surface area contributed by atoms with E-state index in [-0.39, 0.29) is 30.8 Å². The number of rotatable bonds is 5. The Bertz CT molecular complexity index is 1120. The van der Waals surface area contributed by atoms with E-state index >= 15 is 0 Å². The molecule has 3 heterocycles. The van der Waals surface area contributed by atoms with E-state index in [1.165, 1.54) is 27.4 Å². The van der Waals surface area contributed by atoms with Crippen molar-refractivity contribution in [1.82, 2.24) is 15.5 Å². The largest absolute Gasteiger partial charge is 0.333 e. The minimum Gasteiger partial charge on any atom is -0.333 e. The number of anilines is 1. The molecule has 1 unspecified atom stereocenters. The van der Waals surface area contributed by atoms with Gasteiger partial charge in [-0.3, -0.25) is 19.7 Å². The predicted octanol–water partition coefficient (Wildman–Crippen LogP) is 3.65. The number of carbonyl (C=O) groups excluding carboxylic acids is 4. The molecule has 4 rings (SSSR count). The lowest BCUT2D eigenvalue weighted by atomic mass is 9.97. The number of nitrogens with one attached hydrogen (secondary N) is 3. The van der Waals surface area contributed by atoms with Crippen LogP contribution in [0.1, 0.15) is 71.0 Å². The SMILES string of the molecule is Cc1ccc(NC(=O)NCc2scc3c2CN(C2CCCC(=O)NC2=O)C3=O)cc1C(C)C. The first-order valence-electron chi connectivity index (χ1n) is 11.1. The number of fused-ring (bicyclic) bond motifs is 1. The van der Waals surface area contributed by atoms with Gasteiger partial charge in [0, 0.05) is 28.9 Å². The van der Waals surface area contributed by atoms with E-state index in [4.69, 9.17) is 0 Å². The van der Waals surface area contributed by atoms with E-state index < -0.39 is 11.9 Å². The molecule has 0 radical (unpaired) electrons. The first-order chi connectivity index (χ1) is 15.7. The first-order valence-corrected chi connectivity index (χ1v) is 12.0. The molecule has 33 heavy (non-hydrogen) atoms. The van der Waals surface area contributed by atoms with Gasteiger partial charge in [0.1, 0.15) is 6.04 Å². The van der Waals surface area contributed by atoms with Crippen molar-refractivity contribution in [1.29, 1.82) is 0 Å². The zero-order valence-electron chi connectivity index (χ0n) is 19.0. The molecule has 8 nitrogen and oxygen atoms in total. The Labute approximate surface area is 196 Å². The summed E-state index contributed by atoms with van der Waals surface area (Å²) in [4.78, 5) is 51.8. The number of imide groups is 1. The van der Waals surface area contributed by atoms with Gasteiger partial charge in [-0.1, -0.05) is 19.9 Å². The van der Waals surface area contributed by atoms with Crippen molar-refractivity contribution >= 4 is 40.8 Å². The Balaban J connectivity index is 1.40. The van der Waals surface area contributed by atoms with E-state index in [2.05, 4.69) is 36.7 Å². The van der Waals surface area contributed by atoms with Gasteiger partial charge < -0.3 is 15.5 Å². The number of aryl methyl sites for hydroxylation is 1. The van der Waals surface area contributed by atoms with Crippen LogP contribution < -0.4 is 16.0 Å². The van der Waals surface area contributed by atoms with Crippen LogP contribution in [0, 0.1) is 6.92 Å². The summed E-state index contributed by atoms with van der Waals surface area (Å²) in [5.41, 5.74) is 4.51. The Kier molecular flexibility index (Phi) is 6.51. The van der Waals surface area contributed by atoms with Crippen LogP contribution in [0.5, 0.6) is 0 Å². The third-order valence-corrected chi connectivity index (χ3v) is 7.22. The van der Waals surface area contributed by atoms with Gasteiger partial charge in [0.05, 0.1) is 12.1 Å². The fraction of sp³-hybridized carbons (Fsp3) is 0.417. The Morgan fingerprint density at radius 1 is 1.27 bits per heavy atom. The van der Waals surface area contributed by atoms with Crippen molar-refractivity contribution in [3.05, 3.63) is 50.7 Å². The molecular weight excluding hydrogens is 440 g/mol. The van der Waals surface area contributed by atoms with Crippen LogP contribution in [0.3, 0.4) is 0 Å². The van der Waals surface area contributed by atoms with Crippen molar-refractivity contribution in [2.75, 3.05) is 5.32 Å². The summed E-state index contributed by atoms with van der Waals surface area (Å²) < 4.78 is 0. The zero-order chi connectivity index (χ0) is 23.7. The predicted molar refractivity (Wildman–Crippen MR) is 126 cm³/mol. The number of hydrogen-bond acceptors (Lipinski definition) is 5. The van der Waals surface area contributed by atoms with Crippen LogP contribution in [0.2, 0.25) is 0 Å². The molecule has 1 saturated heterocycles. The molecule has 1 aromatic heterocycles. The van der Waals surface area contributed by atoms with Gasteiger partial charge in [0.15, 0.2) is 0 Å². The molecule has 0 aliphatic carbocycles. The number of carbonyl (C=O) groups is 4. The summed E-state index contributed by atoms with van der Waals surface area (Å²) in [6.07, 6.45) is 1.31. The lowest BCUT2D eigenvalue weighted by Crippen LogP contribution is -2.47. The highest BCUT2D eigenvalue weighted by Crippen LogP contribution is 2.33. The van der Waals surface area contributed by atoms with Crippen LogP contribution in [0.4, 0.5) is 10.5 Å². The standard InChI is InChI=1S/C24H28N4O4S/c1-13(2)16-9-15(8-7-14(16)3)26-24(32)25-10-20-17-11-28(23(31)18(17)12-33-20)19-5-4-6-21(29)27-22(19)30/h7-9,12-13,19H,4-6,10-11H2,1-3H3,(H2,25,26,32)(H,27,29,30). The highest BCUT2D eigenvalue weighted by Gasteiger charge is 2.39. The highest BCUT2D eigenvalue weighted by molar-refractivity contribution is 7.10. The summed E-state index contributed by atoms with van der Waals surface area (Å²) in [7, 11) is 0. The molecule has 1 fully saturated rings. The second-order valence-corrected chi connectivity index (χ2v) is 9.80. The fourth-order valence-electron chi connectivity index (χ4n) is 4.42. The second-order valence-electron chi connectivity index (χ2n) is 8.84. The zero-order valence-corrected chi connectivity index (χ0v) is 19.8. The van der Waals surface area contributed by atoms with Crippen molar-refractivity contribution in [2.45, 2.75) is 65.1 Å². The lowest BCUT2D eigenvalue weighted by Gasteiger charge is -2.25. The normalized spacial score (nSPS) is 18.2. The highest BCUT2D eigenvalue weighted by atomic mass is 32.1. The van der Waals surface area contributed by atoms with Gasteiger partial charge in [-0.25, -0.2) is 4.79 Å². The van der Waals surface area contributed by atoms with Gasteiger partial charge in [-0.2, -0.15) is 0 Å². The van der Waals surface area contributed by atoms with Gasteiger partial charge >= 0.3 is 6.03 Å². The molecular formula is C24H28N4O4S. The molecule has 1 aromatic carbocycles. The van der Waals surface area contributed by atoms with Crippen LogP contribution in [-0.4, -0.2) is 34.7 Å². The van der Waals surface area contributed by atoms with Crippen LogP contribution in [-0.2, 0) is 22.7 Å². The van der Waals surface area contributed by atoms with Gasteiger partial charge in [-0.05, 0) is 54.5 Å². The molecule has 9 heteroatoms. The molecule has 2 aromatic rings. The van der Waals surface area contributed by atoms with E-state index in [0.29, 0.717) is 30.9 Å². The number of thiophene rings is 1. The van der Waals surface area contributed by atoms with Crippen molar-refractivity contribution in [3.8, 4) is 0 Å². The second kappa shape index (κ2) is 9.35. The average Bonchev–Trinajstić information content (AvgIpc) is 3.25. The molecule has 0 saturated carbocycles. The van der Waals surface area contributed by atoms with Crippen LogP contribution in [0.25, 0.3) is 0 Å². The maximum atomic E-state index is 12.9. The quantitative estimate of drug-likeness (QED) is 0.582. The number of hydrogen-bond donors (Lipinski definition) is 3. The van der Waals surface area contributed by atoms with Crippen LogP contribution >= 0.6 is 11.3 Å². The summed E-state index contributed by atoms with van der Waals surface area (Å²) in [6, 6.07) is 4.89. The molecule has 0 spiro atoms. The first kappa shape index (κ1) is 23.0. The van der Waals surface area contributed by atoms with Gasteiger partial charge in [0.25, 0.3) is 5.91 Å². The fourth-order valence-corrected chi connectivity index (χ4v) is 5.39. The van der Waals surface area contributed by atoms with Crippen molar-refractivity contribution in [2.24, 2.45) is 0 Å². The minimum atomic E-state index is -0.651. The molecule has 0 bridgehead atoms. The summed E-state index contributed by atoms with van der Waals surface area (Å²) in [5.74, 6) is -0.559. The Morgan fingerprint density at radius 2 is 2.06 bits per heavy atom. The molecule has 2 aliphatic rings. The van der Waals surface area contributed by atoms with Gasteiger partial charge in [0.2, 0.25) is 11.8 Å². The summed E-state index contributed by atoms with van der Waals surface area (Å²) in [6.45, 7) is 6.87. The number of amides is 5. The van der Waals surface area contributed by atoms with E-state index in [1.807, 2.05) is 18.2 Å². The number of benzene rings is 1. The molecule has 5 amide bonds. The van der Waals surface area contributed by atoms with E-state index in [1.54, 1.807) is 5.38 Å². The Morgan fingerprint density at radius 3 is 2.82 bits per heavy atom. The maximum Gasteiger partial charge on any atom is 0.319 e. The third kappa shape index (κ3) is 4.78. The topological polar surface area (TPSA) is 108 Å². The lowest BCUT2D eigenvalue weighted by molar-refractivity contribution is -0.132. The number of urea groups is 1. The van der Waals surface area contributed by atoms with Crippen LogP contribution in [0.15, 0.2) is 23.6 Å². The third-order valence-electron chi connectivity index (χ3n) is 6.19. The van der Waals surface area contributed by atoms with Crippen molar-refractivity contribution < 1.29 is 19.2 Å². The molecule has 3 N–H and O–H groups in total. The molecule has 174 valence electrons. The number of nitrogens with zero attached hydrogens (tertiary/aromatic N) is 1. The van der Waals surface area contributed by atoms with Gasteiger partial charge in [-0.15, -0.1) is 11.3 Å². The van der Waals surface area contributed by atoms with E-state index in [9.17, 15) is 19.2 Å². The maximum absolute atomic E-state index is 12.9. The molecule has 2 aliphatic heterocycles. The average molecular weight is 469 g/mol. The monoisotopic (exact) mass is 468 g/mol. The van der Waals surface area contributed by atoms with Crippen molar-refractivity contribution in [3.63, 3.8) is 0 Å². The smallest absolute Gasteiger partial charge is 0.319 e. The summed E-state index contributed by atoms with van der Waals surface area (Å²) in [5, 5.41) is 9.88. The molecule has 1 atom stereocenters. The Hall–Kier alpha value is -3.20. The van der Waals surface area contributed by atoms with E-state index in [0.717, 1.165) is 16.1 Å².